The normalized spacial score (nSPS) is 21.7. The van der Waals surface area contributed by atoms with Crippen LogP contribution in [-0.2, 0) is 0 Å². The molecular weight excluding hydrogens is 481 g/mol. The first-order chi connectivity index (χ1) is 18.5. The number of benzene rings is 3. The third-order valence-electron chi connectivity index (χ3n) is 8.73. The van der Waals surface area contributed by atoms with Gasteiger partial charge in [-0.15, -0.1) is 0 Å². The van der Waals surface area contributed by atoms with Crippen LogP contribution in [0.25, 0.3) is 33.6 Å². The zero-order valence-electron chi connectivity index (χ0n) is 20.6. The van der Waals surface area contributed by atoms with Gasteiger partial charge < -0.3 is 0 Å². The molecule has 5 aromatic rings. The third-order valence-corrected chi connectivity index (χ3v) is 8.73. The van der Waals surface area contributed by atoms with Gasteiger partial charge in [-0.25, -0.2) is 13.2 Å². The molecule has 4 unspecified atom stereocenters. The highest BCUT2D eigenvalue weighted by Gasteiger charge is 2.69. The Morgan fingerprint density at radius 2 is 1.42 bits per heavy atom. The van der Waals surface area contributed by atoms with Crippen LogP contribution in [0.2, 0.25) is 0 Å². The van der Waals surface area contributed by atoms with Crippen molar-refractivity contribution in [3.8, 4) is 33.6 Å². The van der Waals surface area contributed by atoms with Crippen molar-refractivity contribution in [2.45, 2.75) is 30.8 Å². The van der Waals surface area contributed by atoms with E-state index in [1.165, 1.54) is 5.56 Å². The number of hydrogen-bond donors (Lipinski definition) is 0. The number of rotatable bonds is 1. The topological polar surface area (TPSA) is 7.76 Å². The average molecular weight is 505 g/mol. The van der Waals surface area contributed by atoms with E-state index in [0.29, 0.717) is 11.8 Å². The lowest BCUT2D eigenvalue weighted by molar-refractivity contribution is -0.801. The van der Waals surface area contributed by atoms with E-state index in [1.54, 1.807) is 6.07 Å². The molecule has 0 N–H and O–H groups in total. The highest BCUT2D eigenvalue weighted by atomic mass is 19.2. The summed E-state index contributed by atoms with van der Waals surface area (Å²) in [6, 6.07) is 27.0. The molecule has 8 rings (SSSR count). The molecule has 1 saturated carbocycles. The number of aromatic nitrogens is 2. The van der Waals surface area contributed by atoms with Crippen LogP contribution in [0.1, 0.15) is 40.6 Å². The van der Waals surface area contributed by atoms with Crippen LogP contribution >= 0.6 is 0 Å². The van der Waals surface area contributed by atoms with Gasteiger partial charge in [0.05, 0.1) is 11.1 Å². The van der Waals surface area contributed by atoms with E-state index < -0.39 is 17.5 Å². The molecule has 2 aromatic heterocycles. The lowest BCUT2D eigenvalue weighted by Crippen LogP contribution is -2.68. The van der Waals surface area contributed by atoms with Crippen molar-refractivity contribution in [2.24, 2.45) is 0 Å². The Morgan fingerprint density at radius 3 is 2.26 bits per heavy atom. The predicted molar refractivity (Wildman–Crippen MR) is 138 cm³/mol. The van der Waals surface area contributed by atoms with E-state index in [1.807, 2.05) is 49.5 Å². The smallest absolute Gasteiger partial charge is 0.207 e. The molecule has 4 atom stereocenters. The van der Waals surface area contributed by atoms with Crippen LogP contribution in [0.5, 0.6) is 0 Å². The standard InChI is InChI=1S/C33H23F3N2/c1-18-11-12-25-29-28(23(34)16-24(35)31(29)36)30-32-27(33(30)38(25)17-18)22-10-6-5-9-21(22)26-15-20(13-14-37(26)32)19-7-3-2-4-8-19/h2-17,27,30,32-33H,1H3/q+2. The Hall–Kier alpha value is -4.25. The fraction of sp³-hybridized carbons (Fsp3) is 0.152. The minimum atomic E-state index is -1.16. The average Bonchev–Trinajstić information content (AvgIpc) is 2.92. The summed E-state index contributed by atoms with van der Waals surface area (Å²) in [5, 5.41) is 0. The van der Waals surface area contributed by atoms with Gasteiger partial charge >= 0.3 is 0 Å². The molecule has 3 aliphatic rings. The fourth-order valence-electron chi connectivity index (χ4n) is 7.20. The van der Waals surface area contributed by atoms with Gasteiger partial charge in [-0.05, 0) is 35.7 Å². The van der Waals surface area contributed by atoms with Crippen molar-refractivity contribution >= 4 is 0 Å². The Bertz CT molecular complexity index is 1800. The molecule has 0 bridgehead atoms. The largest absolute Gasteiger partial charge is 0.216 e. The summed E-state index contributed by atoms with van der Waals surface area (Å²) in [6.07, 6.45) is 4.07. The second kappa shape index (κ2) is 7.64. The highest BCUT2D eigenvalue weighted by molar-refractivity contribution is 5.73. The predicted octanol–water partition coefficient (Wildman–Crippen LogP) is 6.98. The summed E-state index contributed by atoms with van der Waals surface area (Å²) in [6.45, 7) is 1.99. The molecule has 0 saturated heterocycles. The molecule has 0 radical (unpaired) electrons. The molecule has 2 aliphatic heterocycles. The van der Waals surface area contributed by atoms with Crippen molar-refractivity contribution in [3.63, 3.8) is 0 Å². The van der Waals surface area contributed by atoms with Crippen molar-refractivity contribution in [1.29, 1.82) is 0 Å². The van der Waals surface area contributed by atoms with Crippen LogP contribution in [0, 0.1) is 24.4 Å². The van der Waals surface area contributed by atoms with Gasteiger partial charge in [0.1, 0.15) is 17.7 Å². The van der Waals surface area contributed by atoms with Gasteiger partial charge in [0, 0.05) is 35.4 Å². The number of aryl methyl sites for hydroxylation is 1. The molecule has 184 valence electrons. The SMILES string of the molecule is Cc1ccc2[n+](c1)C1C3c4ccccc4-c4cc(-c5ccccc5)cc[n+]4C3C1c1c(F)cc(F)c(F)c1-2. The summed E-state index contributed by atoms with van der Waals surface area (Å²) in [5.74, 6) is -3.10. The van der Waals surface area contributed by atoms with Crippen molar-refractivity contribution in [1.82, 2.24) is 0 Å². The fourth-order valence-corrected chi connectivity index (χ4v) is 7.20. The number of halogens is 3. The summed E-state index contributed by atoms with van der Waals surface area (Å²) < 4.78 is 49.9. The summed E-state index contributed by atoms with van der Waals surface area (Å²) >= 11 is 0. The van der Waals surface area contributed by atoms with Gasteiger partial charge in [-0.3, -0.25) is 0 Å². The van der Waals surface area contributed by atoms with Crippen molar-refractivity contribution < 1.29 is 22.3 Å². The van der Waals surface area contributed by atoms with Crippen LogP contribution in [-0.4, -0.2) is 0 Å². The maximum atomic E-state index is 15.6. The molecule has 38 heavy (non-hydrogen) atoms. The second-order valence-corrected chi connectivity index (χ2v) is 10.6. The molecule has 2 nitrogen and oxygen atoms in total. The van der Waals surface area contributed by atoms with E-state index in [9.17, 15) is 4.39 Å². The van der Waals surface area contributed by atoms with E-state index in [0.717, 1.165) is 27.9 Å². The number of pyridine rings is 2. The van der Waals surface area contributed by atoms with Gasteiger partial charge in [-0.1, -0.05) is 48.5 Å². The van der Waals surface area contributed by atoms with Gasteiger partial charge in [0.15, 0.2) is 36.1 Å². The third kappa shape index (κ3) is 2.74. The van der Waals surface area contributed by atoms with Gasteiger partial charge in [0.25, 0.3) is 0 Å². The molecule has 1 fully saturated rings. The Labute approximate surface area is 218 Å². The minimum Gasteiger partial charge on any atom is -0.207 e. The Balaban J connectivity index is 1.40. The summed E-state index contributed by atoms with van der Waals surface area (Å²) in [5.41, 5.74) is 7.48. The summed E-state index contributed by atoms with van der Waals surface area (Å²) in [7, 11) is 0. The molecule has 3 aromatic carbocycles. The lowest BCUT2D eigenvalue weighted by atomic mass is 9.55. The molecule has 1 aliphatic carbocycles. The van der Waals surface area contributed by atoms with E-state index >= 15 is 8.78 Å². The van der Waals surface area contributed by atoms with Crippen LogP contribution < -0.4 is 9.13 Å². The first-order valence-corrected chi connectivity index (χ1v) is 12.9. The monoisotopic (exact) mass is 504 g/mol. The Kier molecular flexibility index (Phi) is 4.38. The maximum Gasteiger partial charge on any atom is 0.216 e. The van der Waals surface area contributed by atoms with Crippen molar-refractivity contribution in [3.05, 3.63) is 131 Å². The zero-order chi connectivity index (χ0) is 25.7. The second-order valence-electron chi connectivity index (χ2n) is 10.6. The van der Waals surface area contributed by atoms with E-state index in [4.69, 9.17) is 0 Å². The van der Waals surface area contributed by atoms with E-state index in [-0.39, 0.29) is 35.0 Å². The van der Waals surface area contributed by atoms with Crippen molar-refractivity contribution in [2.75, 3.05) is 0 Å². The lowest BCUT2D eigenvalue weighted by Gasteiger charge is -2.49. The number of fused-ring (bicyclic) bond motifs is 14. The highest BCUT2D eigenvalue weighted by Crippen LogP contribution is 2.65. The first-order valence-electron chi connectivity index (χ1n) is 12.9. The van der Waals surface area contributed by atoms with Gasteiger partial charge in [-0.2, -0.15) is 9.13 Å². The number of hydrogen-bond acceptors (Lipinski definition) is 0. The van der Waals surface area contributed by atoms with E-state index in [2.05, 4.69) is 51.7 Å². The first kappa shape index (κ1) is 21.8. The van der Waals surface area contributed by atoms with Gasteiger partial charge in [0.2, 0.25) is 11.4 Å². The molecule has 0 amide bonds. The summed E-state index contributed by atoms with van der Waals surface area (Å²) in [4.78, 5) is 0. The molecular formula is C33H23F3N2+2. The Morgan fingerprint density at radius 1 is 0.658 bits per heavy atom. The zero-order valence-corrected chi connectivity index (χ0v) is 20.6. The molecule has 4 heterocycles. The van der Waals surface area contributed by atoms with Crippen LogP contribution in [0.4, 0.5) is 13.2 Å². The number of nitrogens with zero attached hydrogens (tertiary/aromatic N) is 2. The quantitative estimate of drug-likeness (QED) is 0.172. The maximum absolute atomic E-state index is 15.6. The minimum absolute atomic E-state index is 0.0455. The molecule has 5 heteroatoms. The van der Waals surface area contributed by atoms with Crippen LogP contribution in [0.15, 0.2) is 97.3 Å². The molecule has 0 spiro atoms. The van der Waals surface area contributed by atoms with Crippen LogP contribution in [0.3, 0.4) is 0 Å².